The number of aromatic nitrogens is 7. The summed E-state index contributed by atoms with van der Waals surface area (Å²) in [6.07, 6.45) is 3.07. The van der Waals surface area contributed by atoms with Crippen LogP contribution in [0.2, 0.25) is 0 Å². The summed E-state index contributed by atoms with van der Waals surface area (Å²) in [7, 11) is 0. The molecule has 5 aromatic rings. The second-order valence-electron chi connectivity index (χ2n) is 7.82. The first kappa shape index (κ1) is 22.4. The highest BCUT2D eigenvalue weighted by Crippen LogP contribution is 2.34. The Morgan fingerprint density at radius 3 is 2.51 bits per heavy atom. The summed E-state index contributed by atoms with van der Waals surface area (Å²) in [6, 6.07) is 6.31. The van der Waals surface area contributed by atoms with Gasteiger partial charge in [0.1, 0.15) is 28.8 Å². The minimum absolute atomic E-state index is 0.154. The van der Waals surface area contributed by atoms with Crippen LogP contribution in [0.3, 0.4) is 0 Å². The molecule has 0 radical (unpaired) electrons. The molecular weight excluding hydrogens is 464 g/mol. The van der Waals surface area contributed by atoms with E-state index in [1.807, 2.05) is 6.92 Å². The number of fused-ring (bicyclic) bond motifs is 1. The maximum atomic E-state index is 14.2. The van der Waals surface area contributed by atoms with Crippen LogP contribution >= 0.6 is 0 Å². The largest absolute Gasteiger partial charge is 0.451 e. The van der Waals surface area contributed by atoms with Gasteiger partial charge in [-0.05, 0) is 18.6 Å². The summed E-state index contributed by atoms with van der Waals surface area (Å²) < 4.78 is 54.0. The Kier molecular flexibility index (Phi) is 5.42. The summed E-state index contributed by atoms with van der Waals surface area (Å²) in [5.74, 6) is -1.32. The van der Waals surface area contributed by atoms with Crippen molar-refractivity contribution in [2.45, 2.75) is 25.4 Å². The number of halogens is 4. The van der Waals surface area contributed by atoms with Crippen LogP contribution in [0.1, 0.15) is 36.5 Å². The van der Waals surface area contributed by atoms with E-state index in [9.17, 15) is 17.6 Å². The van der Waals surface area contributed by atoms with Gasteiger partial charge in [-0.1, -0.05) is 19.1 Å². The van der Waals surface area contributed by atoms with Crippen molar-refractivity contribution in [2.24, 2.45) is 0 Å². The lowest BCUT2D eigenvalue weighted by Gasteiger charge is -2.13. The summed E-state index contributed by atoms with van der Waals surface area (Å²) >= 11 is 0. The van der Waals surface area contributed by atoms with Crippen LogP contribution in [0.15, 0.2) is 55.2 Å². The number of hydrogen-bond acceptors (Lipinski definition) is 6. The van der Waals surface area contributed by atoms with Crippen LogP contribution in [-0.4, -0.2) is 34.7 Å². The van der Waals surface area contributed by atoms with Crippen molar-refractivity contribution in [3.05, 3.63) is 78.3 Å². The van der Waals surface area contributed by atoms with E-state index in [0.717, 1.165) is 18.0 Å². The molecule has 0 aliphatic carbocycles. The maximum Gasteiger partial charge on any atom is 0.451 e. The number of hydrogen-bond donors (Lipinski definition) is 2. The Bertz CT molecular complexity index is 1500. The standard InChI is InChI=1S/C23H18F4N8/c1-2-14(13-9-32-35(11-13)17-6-4-3-5-16(17)24)20-33-19(28)18-15(10-29-21(18)34-20)12-7-30-22(31-8-12)23(25,26)27/h3-11,14H,2H2,1H3,(H3,28,29,33,34). The molecule has 178 valence electrons. The number of nitrogen functional groups attached to an aromatic ring is 1. The van der Waals surface area contributed by atoms with E-state index in [-0.39, 0.29) is 11.7 Å². The number of rotatable bonds is 5. The normalized spacial score (nSPS) is 12.8. The molecule has 0 aliphatic rings. The first-order chi connectivity index (χ1) is 16.8. The predicted molar refractivity (Wildman–Crippen MR) is 120 cm³/mol. The second kappa shape index (κ2) is 8.46. The molecule has 1 atom stereocenters. The van der Waals surface area contributed by atoms with Crippen LogP contribution in [0.4, 0.5) is 23.4 Å². The van der Waals surface area contributed by atoms with Crippen LogP contribution < -0.4 is 5.73 Å². The van der Waals surface area contributed by atoms with E-state index in [4.69, 9.17) is 5.73 Å². The number of anilines is 1. The van der Waals surface area contributed by atoms with E-state index >= 15 is 0 Å². The smallest absolute Gasteiger partial charge is 0.383 e. The third-order valence-electron chi connectivity index (χ3n) is 5.62. The lowest BCUT2D eigenvalue weighted by Crippen LogP contribution is -2.10. The van der Waals surface area contributed by atoms with Gasteiger partial charge in [0, 0.05) is 47.4 Å². The van der Waals surface area contributed by atoms with Gasteiger partial charge >= 0.3 is 6.18 Å². The predicted octanol–water partition coefficient (Wildman–Crippen LogP) is 4.88. The molecule has 0 aliphatic heterocycles. The molecule has 0 amide bonds. The number of H-pyrrole nitrogens is 1. The number of nitrogens with zero attached hydrogens (tertiary/aromatic N) is 6. The van der Waals surface area contributed by atoms with Gasteiger partial charge in [-0.15, -0.1) is 0 Å². The lowest BCUT2D eigenvalue weighted by molar-refractivity contribution is -0.144. The van der Waals surface area contributed by atoms with Crippen molar-refractivity contribution in [3.63, 3.8) is 0 Å². The molecule has 0 bridgehead atoms. The van der Waals surface area contributed by atoms with E-state index in [2.05, 4.69) is 30.0 Å². The fourth-order valence-corrected chi connectivity index (χ4v) is 3.93. The third kappa shape index (κ3) is 4.07. The summed E-state index contributed by atoms with van der Waals surface area (Å²) in [5.41, 5.74) is 8.60. The Labute approximate surface area is 195 Å². The van der Waals surface area contributed by atoms with Crippen molar-refractivity contribution in [2.75, 3.05) is 5.73 Å². The van der Waals surface area contributed by atoms with Crippen LogP contribution in [0.25, 0.3) is 27.8 Å². The van der Waals surface area contributed by atoms with E-state index in [1.165, 1.54) is 10.7 Å². The Hall–Kier alpha value is -4.35. The quantitative estimate of drug-likeness (QED) is 0.345. The third-order valence-corrected chi connectivity index (χ3v) is 5.62. The minimum atomic E-state index is -4.63. The molecule has 4 aromatic heterocycles. The number of para-hydroxylation sites is 1. The topological polar surface area (TPSA) is 111 Å². The molecule has 8 nitrogen and oxygen atoms in total. The first-order valence-electron chi connectivity index (χ1n) is 10.6. The van der Waals surface area contributed by atoms with Crippen LogP contribution in [0.5, 0.6) is 0 Å². The second-order valence-corrected chi connectivity index (χ2v) is 7.82. The summed E-state index contributed by atoms with van der Waals surface area (Å²) in [4.78, 5) is 18.9. The van der Waals surface area contributed by atoms with Crippen molar-refractivity contribution in [3.8, 4) is 16.8 Å². The highest BCUT2D eigenvalue weighted by Gasteiger charge is 2.34. The SMILES string of the molecule is CCC(c1cnn(-c2ccccc2F)c1)c1nc(N)c2c(-c3cnc(C(F)(F)F)nc3)c[nH]c2n1. The molecule has 1 unspecified atom stereocenters. The first-order valence-corrected chi connectivity index (χ1v) is 10.6. The summed E-state index contributed by atoms with van der Waals surface area (Å²) in [5, 5.41) is 4.74. The van der Waals surface area contributed by atoms with Crippen LogP contribution in [0, 0.1) is 5.82 Å². The zero-order chi connectivity index (χ0) is 24.7. The zero-order valence-electron chi connectivity index (χ0n) is 18.3. The molecule has 0 spiro atoms. The van der Waals surface area contributed by atoms with E-state index < -0.39 is 17.8 Å². The molecule has 0 saturated heterocycles. The van der Waals surface area contributed by atoms with Crippen molar-refractivity contribution >= 4 is 16.9 Å². The van der Waals surface area contributed by atoms with Gasteiger partial charge in [-0.25, -0.2) is 29.0 Å². The monoisotopic (exact) mass is 482 g/mol. The van der Waals surface area contributed by atoms with Crippen LogP contribution in [-0.2, 0) is 6.18 Å². The number of nitrogens with two attached hydrogens (primary N) is 1. The van der Waals surface area contributed by atoms with E-state index in [0.29, 0.717) is 40.1 Å². The van der Waals surface area contributed by atoms with Crippen molar-refractivity contribution < 1.29 is 17.6 Å². The van der Waals surface area contributed by atoms with Crippen molar-refractivity contribution in [1.29, 1.82) is 0 Å². The Balaban J connectivity index is 1.51. The highest BCUT2D eigenvalue weighted by molar-refractivity contribution is 6.00. The van der Waals surface area contributed by atoms with E-state index in [1.54, 1.807) is 36.8 Å². The fraction of sp³-hybridized carbons (Fsp3) is 0.174. The molecule has 5 rings (SSSR count). The fourth-order valence-electron chi connectivity index (χ4n) is 3.93. The Morgan fingerprint density at radius 2 is 1.83 bits per heavy atom. The Morgan fingerprint density at radius 1 is 1.09 bits per heavy atom. The molecule has 3 N–H and O–H groups in total. The average Bonchev–Trinajstić information content (AvgIpc) is 3.48. The molecule has 1 aromatic carbocycles. The van der Waals surface area contributed by atoms with Gasteiger partial charge in [-0.3, -0.25) is 0 Å². The number of benzene rings is 1. The van der Waals surface area contributed by atoms with Gasteiger partial charge in [0.25, 0.3) is 0 Å². The number of nitrogens with one attached hydrogen (secondary N) is 1. The average molecular weight is 482 g/mol. The zero-order valence-corrected chi connectivity index (χ0v) is 18.3. The molecule has 0 fully saturated rings. The van der Waals surface area contributed by atoms with Gasteiger partial charge in [0.05, 0.1) is 11.6 Å². The van der Waals surface area contributed by atoms with Gasteiger partial charge in [-0.2, -0.15) is 18.3 Å². The molecule has 35 heavy (non-hydrogen) atoms. The van der Waals surface area contributed by atoms with Gasteiger partial charge in [0.15, 0.2) is 0 Å². The maximum absolute atomic E-state index is 14.2. The summed E-state index contributed by atoms with van der Waals surface area (Å²) in [6.45, 7) is 1.95. The number of alkyl halides is 3. The molecular formula is C23H18F4N8. The minimum Gasteiger partial charge on any atom is -0.383 e. The molecule has 0 saturated carbocycles. The lowest BCUT2D eigenvalue weighted by atomic mass is 9.98. The highest BCUT2D eigenvalue weighted by atomic mass is 19.4. The van der Waals surface area contributed by atoms with Gasteiger partial charge < -0.3 is 10.7 Å². The molecule has 4 heterocycles. The van der Waals surface area contributed by atoms with Gasteiger partial charge in [0.2, 0.25) is 5.82 Å². The number of aromatic amines is 1. The van der Waals surface area contributed by atoms with Crippen molar-refractivity contribution in [1.82, 2.24) is 34.7 Å². The molecule has 12 heteroatoms.